The third kappa shape index (κ3) is 2.97. The number of hydrogen-bond acceptors (Lipinski definition) is 3. The molecule has 0 bridgehead atoms. The smallest absolute Gasteiger partial charge is 0.0414 e. The molecule has 1 aliphatic rings. The number of likely N-dealkylation sites (N-methyl/N-ethyl adjacent to an activating group) is 1. The summed E-state index contributed by atoms with van der Waals surface area (Å²) in [7, 11) is 0. The lowest BCUT2D eigenvalue weighted by Gasteiger charge is -2.36. The van der Waals surface area contributed by atoms with Crippen LogP contribution in [-0.4, -0.2) is 30.7 Å². The number of aryl methyl sites for hydroxylation is 2. The highest BCUT2D eigenvalue weighted by molar-refractivity contribution is 5.49. The molecule has 3 nitrogen and oxygen atoms in total. The fourth-order valence-electron chi connectivity index (χ4n) is 2.73. The number of piperidine rings is 1. The van der Waals surface area contributed by atoms with E-state index in [9.17, 15) is 0 Å². The molecule has 1 unspecified atom stereocenters. The van der Waals surface area contributed by atoms with Crippen LogP contribution in [0.25, 0.3) is 0 Å². The average Bonchev–Trinajstić information content (AvgIpc) is 2.30. The summed E-state index contributed by atoms with van der Waals surface area (Å²) in [6.07, 6.45) is 2.57. The van der Waals surface area contributed by atoms with Crippen molar-refractivity contribution in [1.29, 1.82) is 0 Å². The van der Waals surface area contributed by atoms with Gasteiger partial charge < -0.3 is 10.2 Å². The van der Waals surface area contributed by atoms with Crippen molar-refractivity contribution in [2.45, 2.75) is 39.7 Å². The van der Waals surface area contributed by atoms with Gasteiger partial charge in [0.1, 0.15) is 0 Å². The van der Waals surface area contributed by atoms with E-state index in [2.05, 4.69) is 48.1 Å². The first-order valence-electron chi connectivity index (χ1n) is 6.63. The topological polar surface area (TPSA) is 28.2 Å². The summed E-state index contributed by atoms with van der Waals surface area (Å²) in [5.74, 6) is 0. The Hall–Kier alpha value is -1.09. The van der Waals surface area contributed by atoms with Gasteiger partial charge in [-0.3, -0.25) is 4.98 Å². The number of hydrogen-bond donors (Lipinski definition) is 1. The Labute approximate surface area is 104 Å². The van der Waals surface area contributed by atoms with E-state index in [4.69, 9.17) is 0 Å². The van der Waals surface area contributed by atoms with Crippen molar-refractivity contribution in [2.24, 2.45) is 0 Å². The third-order valence-electron chi connectivity index (χ3n) is 3.45. The van der Waals surface area contributed by atoms with Crippen LogP contribution in [0, 0.1) is 13.8 Å². The quantitative estimate of drug-likeness (QED) is 0.868. The molecule has 17 heavy (non-hydrogen) atoms. The Morgan fingerprint density at radius 2 is 2.06 bits per heavy atom. The van der Waals surface area contributed by atoms with Gasteiger partial charge in [-0.15, -0.1) is 0 Å². The molecule has 0 amide bonds. The molecule has 0 saturated carbocycles. The summed E-state index contributed by atoms with van der Waals surface area (Å²) in [5.41, 5.74) is 3.55. The maximum absolute atomic E-state index is 4.45. The maximum Gasteiger partial charge on any atom is 0.0414 e. The van der Waals surface area contributed by atoms with Gasteiger partial charge in [0, 0.05) is 36.2 Å². The minimum atomic E-state index is 0.634. The molecule has 0 spiro atoms. The molecule has 94 valence electrons. The van der Waals surface area contributed by atoms with Crippen molar-refractivity contribution in [3.05, 3.63) is 23.5 Å². The molecular formula is C14H23N3. The Balaban J connectivity index is 2.21. The molecule has 0 aromatic carbocycles. The Bertz CT molecular complexity index is 349. The van der Waals surface area contributed by atoms with E-state index in [0.29, 0.717) is 6.04 Å². The van der Waals surface area contributed by atoms with Gasteiger partial charge in [-0.05, 0) is 52.3 Å². The highest BCUT2D eigenvalue weighted by Gasteiger charge is 2.20. The molecule has 1 aromatic heterocycles. The van der Waals surface area contributed by atoms with Crippen LogP contribution in [0.15, 0.2) is 12.1 Å². The van der Waals surface area contributed by atoms with Gasteiger partial charge in [0.05, 0.1) is 0 Å². The van der Waals surface area contributed by atoms with Crippen LogP contribution in [0.4, 0.5) is 5.69 Å². The van der Waals surface area contributed by atoms with E-state index >= 15 is 0 Å². The van der Waals surface area contributed by atoms with Crippen molar-refractivity contribution in [2.75, 3.05) is 24.5 Å². The summed E-state index contributed by atoms with van der Waals surface area (Å²) < 4.78 is 0. The minimum absolute atomic E-state index is 0.634. The molecular weight excluding hydrogens is 210 g/mol. The predicted molar refractivity (Wildman–Crippen MR) is 72.6 cm³/mol. The van der Waals surface area contributed by atoms with Gasteiger partial charge in [-0.1, -0.05) is 0 Å². The van der Waals surface area contributed by atoms with Crippen LogP contribution < -0.4 is 10.2 Å². The number of anilines is 1. The zero-order chi connectivity index (χ0) is 12.3. The van der Waals surface area contributed by atoms with Crippen LogP contribution in [-0.2, 0) is 0 Å². The normalized spacial score (nSPS) is 20.3. The van der Waals surface area contributed by atoms with Crippen molar-refractivity contribution in [3.63, 3.8) is 0 Å². The van der Waals surface area contributed by atoms with Crippen molar-refractivity contribution in [3.8, 4) is 0 Å². The molecule has 0 radical (unpaired) electrons. The van der Waals surface area contributed by atoms with E-state index in [0.717, 1.165) is 24.5 Å². The van der Waals surface area contributed by atoms with Gasteiger partial charge in [0.25, 0.3) is 0 Å². The van der Waals surface area contributed by atoms with E-state index in [1.165, 1.54) is 25.1 Å². The van der Waals surface area contributed by atoms with Crippen LogP contribution in [0.5, 0.6) is 0 Å². The number of nitrogens with one attached hydrogen (secondary N) is 1. The minimum Gasteiger partial charge on any atom is -0.367 e. The van der Waals surface area contributed by atoms with Gasteiger partial charge in [-0.25, -0.2) is 0 Å². The lowest BCUT2D eigenvalue weighted by Crippen LogP contribution is -2.46. The molecule has 2 heterocycles. The van der Waals surface area contributed by atoms with Crippen LogP contribution in [0.1, 0.15) is 31.2 Å². The second kappa shape index (κ2) is 5.50. The van der Waals surface area contributed by atoms with Crippen LogP contribution in [0.3, 0.4) is 0 Å². The number of nitrogens with zero attached hydrogens (tertiary/aromatic N) is 2. The predicted octanol–water partition coefficient (Wildman–Crippen LogP) is 2.28. The maximum atomic E-state index is 4.45. The van der Waals surface area contributed by atoms with Crippen LogP contribution in [0.2, 0.25) is 0 Å². The average molecular weight is 233 g/mol. The second-order valence-electron chi connectivity index (χ2n) is 4.89. The molecule has 2 rings (SSSR count). The molecule has 1 saturated heterocycles. The Morgan fingerprint density at radius 1 is 1.35 bits per heavy atom. The van der Waals surface area contributed by atoms with Crippen molar-refractivity contribution < 1.29 is 0 Å². The van der Waals surface area contributed by atoms with Crippen molar-refractivity contribution >= 4 is 5.69 Å². The van der Waals surface area contributed by atoms with E-state index in [-0.39, 0.29) is 0 Å². The first-order chi connectivity index (χ1) is 8.20. The number of pyridine rings is 1. The van der Waals surface area contributed by atoms with Gasteiger partial charge in [0.2, 0.25) is 0 Å². The summed E-state index contributed by atoms with van der Waals surface area (Å²) in [5, 5.41) is 3.49. The van der Waals surface area contributed by atoms with Gasteiger partial charge >= 0.3 is 0 Å². The molecule has 1 aromatic rings. The fourth-order valence-corrected chi connectivity index (χ4v) is 2.73. The van der Waals surface area contributed by atoms with Gasteiger partial charge in [-0.2, -0.15) is 0 Å². The summed E-state index contributed by atoms with van der Waals surface area (Å²) in [6, 6.07) is 5.03. The van der Waals surface area contributed by atoms with E-state index in [1.807, 2.05) is 0 Å². The lowest BCUT2D eigenvalue weighted by molar-refractivity contribution is 0.435. The third-order valence-corrected chi connectivity index (χ3v) is 3.45. The first-order valence-corrected chi connectivity index (χ1v) is 6.63. The molecule has 1 aliphatic heterocycles. The molecule has 1 fully saturated rings. The fraction of sp³-hybridized carbons (Fsp3) is 0.643. The van der Waals surface area contributed by atoms with Crippen molar-refractivity contribution in [1.82, 2.24) is 10.3 Å². The molecule has 1 N–H and O–H groups in total. The van der Waals surface area contributed by atoms with E-state index < -0.39 is 0 Å². The highest BCUT2D eigenvalue weighted by Crippen LogP contribution is 2.21. The monoisotopic (exact) mass is 233 g/mol. The molecule has 1 atom stereocenters. The molecule has 0 aliphatic carbocycles. The van der Waals surface area contributed by atoms with E-state index in [1.54, 1.807) is 0 Å². The standard InChI is InChI=1S/C14H23N3/c1-4-17(13-6-5-7-15-10-13)14-8-11(2)16-12(3)9-14/h8-9,13,15H,4-7,10H2,1-3H3. The summed E-state index contributed by atoms with van der Waals surface area (Å²) >= 11 is 0. The molecule has 3 heteroatoms. The zero-order valence-electron chi connectivity index (χ0n) is 11.2. The lowest BCUT2D eigenvalue weighted by atomic mass is 10.0. The second-order valence-corrected chi connectivity index (χ2v) is 4.89. The van der Waals surface area contributed by atoms with Crippen LogP contribution >= 0.6 is 0 Å². The summed E-state index contributed by atoms with van der Waals surface area (Å²) in [6.45, 7) is 9.72. The summed E-state index contributed by atoms with van der Waals surface area (Å²) in [4.78, 5) is 6.96. The Kier molecular flexibility index (Phi) is 4.00. The Morgan fingerprint density at radius 3 is 2.59 bits per heavy atom. The zero-order valence-corrected chi connectivity index (χ0v) is 11.2. The SMILES string of the molecule is CCN(c1cc(C)nc(C)c1)C1CCCNC1. The van der Waals surface area contributed by atoms with Gasteiger partial charge in [0.15, 0.2) is 0 Å². The highest BCUT2D eigenvalue weighted by atomic mass is 15.2. The number of aromatic nitrogens is 1. The largest absolute Gasteiger partial charge is 0.367 e. The first kappa shape index (κ1) is 12.4. The number of rotatable bonds is 3.